The van der Waals surface area contributed by atoms with Gasteiger partial charge in [-0.05, 0) is 49.1 Å². The van der Waals surface area contributed by atoms with E-state index in [1.165, 1.54) is 0 Å². The summed E-state index contributed by atoms with van der Waals surface area (Å²) in [5, 5.41) is 11.6. The lowest BCUT2D eigenvalue weighted by Crippen LogP contribution is -2.30. The molecule has 0 aliphatic rings. The van der Waals surface area contributed by atoms with Gasteiger partial charge >= 0.3 is 5.76 Å². The van der Waals surface area contributed by atoms with Crippen LogP contribution in [-0.4, -0.2) is 37.1 Å². The molecule has 0 saturated carbocycles. The molecule has 0 saturated heterocycles. The molecular weight excluding hydrogens is 402 g/mol. The van der Waals surface area contributed by atoms with Gasteiger partial charge in [0, 0.05) is 19.2 Å². The third-order valence-corrected chi connectivity index (χ3v) is 5.60. The first-order valence-electron chi connectivity index (χ1n) is 9.83. The van der Waals surface area contributed by atoms with Gasteiger partial charge in [0.25, 0.3) is 0 Å². The molecular formula is C21H23N5O3S. The number of nitrogens with zero attached hydrogens (tertiary/aromatic N) is 4. The van der Waals surface area contributed by atoms with Crippen LogP contribution in [0.2, 0.25) is 0 Å². The van der Waals surface area contributed by atoms with Crippen LogP contribution in [0.3, 0.4) is 0 Å². The molecule has 0 aliphatic carbocycles. The summed E-state index contributed by atoms with van der Waals surface area (Å²) in [6, 6.07) is 12.8. The van der Waals surface area contributed by atoms with E-state index in [1.54, 1.807) is 22.4 Å². The lowest BCUT2D eigenvalue weighted by Gasteiger charge is -2.17. The average Bonchev–Trinajstić information content (AvgIpc) is 3.32. The van der Waals surface area contributed by atoms with Gasteiger partial charge in [-0.3, -0.25) is 13.8 Å². The number of fused-ring (bicyclic) bond motifs is 2. The standard InChI is InChI=1S/C21H23N5O3S/c1-30-14-11-15(20-24-23-18-9-4-5-12-26(18)20)22-19(27)10-6-13-25-16-7-2-3-8-17(16)29-21(25)28/h2-5,7-9,12,15H,6,10-11,13-14H2,1H3,(H,22,27). The number of carbonyl (C=O) groups is 1. The highest BCUT2D eigenvalue weighted by Crippen LogP contribution is 2.19. The molecule has 1 unspecified atom stereocenters. The predicted octanol–water partition coefficient (Wildman–Crippen LogP) is 3.03. The molecule has 4 rings (SSSR count). The third-order valence-electron chi connectivity index (χ3n) is 4.96. The van der Waals surface area contributed by atoms with Gasteiger partial charge < -0.3 is 9.73 Å². The minimum absolute atomic E-state index is 0.0744. The number of hydrogen-bond acceptors (Lipinski definition) is 6. The summed E-state index contributed by atoms with van der Waals surface area (Å²) in [5.41, 5.74) is 2.06. The van der Waals surface area contributed by atoms with Crippen molar-refractivity contribution in [1.82, 2.24) is 24.5 Å². The second kappa shape index (κ2) is 9.17. The Morgan fingerprint density at radius 2 is 2.03 bits per heavy atom. The Bertz CT molecular complexity index is 1210. The van der Waals surface area contributed by atoms with E-state index in [0.717, 1.165) is 29.2 Å². The zero-order valence-corrected chi connectivity index (χ0v) is 17.5. The molecule has 0 radical (unpaired) electrons. The number of para-hydroxylation sites is 2. The normalized spacial score (nSPS) is 12.4. The number of thioether (sulfide) groups is 1. The second-order valence-corrected chi connectivity index (χ2v) is 7.97. The molecule has 1 aromatic carbocycles. The number of nitrogens with one attached hydrogen (secondary N) is 1. The predicted molar refractivity (Wildman–Crippen MR) is 117 cm³/mol. The maximum Gasteiger partial charge on any atom is 0.419 e. The van der Waals surface area contributed by atoms with E-state index in [9.17, 15) is 9.59 Å². The van der Waals surface area contributed by atoms with Crippen LogP contribution in [0.4, 0.5) is 0 Å². The Kier molecular flexibility index (Phi) is 6.18. The van der Waals surface area contributed by atoms with Gasteiger partial charge in [-0.1, -0.05) is 18.2 Å². The first kappa shape index (κ1) is 20.2. The first-order chi connectivity index (χ1) is 14.7. The Morgan fingerprint density at radius 3 is 2.90 bits per heavy atom. The molecule has 8 nitrogen and oxygen atoms in total. The molecule has 156 valence electrons. The summed E-state index contributed by atoms with van der Waals surface area (Å²) >= 11 is 1.72. The highest BCUT2D eigenvalue weighted by Gasteiger charge is 2.20. The van der Waals surface area contributed by atoms with E-state index >= 15 is 0 Å². The van der Waals surface area contributed by atoms with Crippen LogP contribution in [0.1, 0.15) is 31.1 Å². The number of benzene rings is 1. The monoisotopic (exact) mass is 425 g/mol. The van der Waals surface area contributed by atoms with Crippen molar-refractivity contribution in [1.29, 1.82) is 0 Å². The topological polar surface area (TPSA) is 94.4 Å². The molecule has 3 heterocycles. The second-order valence-electron chi connectivity index (χ2n) is 6.98. The lowest BCUT2D eigenvalue weighted by atomic mass is 10.2. The molecule has 1 N–H and O–H groups in total. The van der Waals surface area contributed by atoms with Gasteiger partial charge in [-0.15, -0.1) is 10.2 Å². The summed E-state index contributed by atoms with van der Waals surface area (Å²) < 4.78 is 8.72. The SMILES string of the molecule is CSCCC(NC(=O)CCCn1c(=O)oc2ccccc21)c1nnc2ccccn12. The van der Waals surface area contributed by atoms with Crippen molar-refractivity contribution in [2.75, 3.05) is 12.0 Å². The number of pyridine rings is 1. The van der Waals surface area contributed by atoms with E-state index in [1.807, 2.05) is 53.3 Å². The average molecular weight is 426 g/mol. The molecule has 0 bridgehead atoms. The smallest absolute Gasteiger partial charge is 0.408 e. The molecule has 30 heavy (non-hydrogen) atoms. The van der Waals surface area contributed by atoms with Crippen LogP contribution in [-0.2, 0) is 11.3 Å². The van der Waals surface area contributed by atoms with E-state index in [4.69, 9.17) is 4.42 Å². The Balaban J connectivity index is 1.41. The van der Waals surface area contributed by atoms with Gasteiger partial charge in [-0.25, -0.2) is 4.79 Å². The molecule has 0 spiro atoms. The molecule has 4 aromatic rings. The van der Waals surface area contributed by atoms with Crippen LogP contribution in [0.5, 0.6) is 0 Å². The Labute approximate surface area is 177 Å². The summed E-state index contributed by atoms with van der Waals surface area (Å²) in [6.07, 6.45) is 5.53. The number of amides is 1. The Morgan fingerprint density at radius 1 is 1.20 bits per heavy atom. The van der Waals surface area contributed by atoms with Crippen molar-refractivity contribution in [2.24, 2.45) is 0 Å². The number of hydrogen-bond donors (Lipinski definition) is 1. The van der Waals surface area contributed by atoms with Crippen LogP contribution in [0.15, 0.2) is 57.9 Å². The lowest BCUT2D eigenvalue weighted by molar-refractivity contribution is -0.122. The number of aromatic nitrogens is 4. The van der Waals surface area contributed by atoms with Crippen LogP contribution in [0.25, 0.3) is 16.7 Å². The summed E-state index contributed by atoms with van der Waals surface area (Å²) in [4.78, 5) is 24.7. The summed E-state index contributed by atoms with van der Waals surface area (Å²) in [7, 11) is 0. The number of oxazole rings is 1. The summed E-state index contributed by atoms with van der Waals surface area (Å²) in [5.74, 6) is 1.15. The van der Waals surface area contributed by atoms with Crippen molar-refractivity contribution < 1.29 is 9.21 Å². The largest absolute Gasteiger partial charge is 0.419 e. The zero-order chi connectivity index (χ0) is 20.9. The van der Waals surface area contributed by atoms with Crippen LogP contribution < -0.4 is 11.1 Å². The number of aryl methyl sites for hydroxylation is 1. The third kappa shape index (κ3) is 4.25. The quantitative estimate of drug-likeness (QED) is 0.443. The van der Waals surface area contributed by atoms with Crippen LogP contribution in [0, 0.1) is 0 Å². The minimum atomic E-state index is -0.399. The fourth-order valence-electron chi connectivity index (χ4n) is 3.49. The van der Waals surface area contributed by atoms with Crippen molar-refractivity contribution in [3.8, 4) is 0 Å². The zero-order valence-electron chi connectivity index (χ0n) is 16.7. The fraction of sp³-hybridized carbons (Fsp3) is 0.333. The molecule has 1 amide bonds. The number of rotatable bonds is 9. The highest BCUT2D eigenvalue weighted by atomic mass is 32.2. The van der Waals surface area contributed by atoms with E-state index in [0.29, 0.717) is 25.0 Å². The molecule has 3 aromatic heterocycles. The molecule has 9 heteroatoms. The van der Waals surface area contributed by atoms with E-state index < -0.39 is 5.76 Å². The summed E-state index contributed by atoms with van der Waals surface area (Å²) in [6.45, 7) is 0.423. The fourth-order valence-corrected chi connectivity index (χ4v) is 3.96. The maximum absolute atomic E-state index is 12.6. The van der Waals surface area contributed by atoms with Crippen molar-refractivity contribution in [3.63, 3.8) is 0 Å². The van der Waals surface area contributed by atoms with Crippen molar-refractivity contribution >= 4 is 34.4 Å². The van der Waals surface area contributed by atoms with Gasteiger partial charge in [0.05, 0.1) is 11.6 Å². The molecule has 0 aliphatic heterocycles. The van der Waals surface area contributed by atoms with Gasteiger partial charge in [0.1, 0.15) is 0 Å². The van der Waals surface area contributed by atoms with Crippen molar-refractivity contribution in [2.45, 2.75) is 31.8 Å². The highest BCUT2D eigenvalue weighted by molar-refractivity contribution is 7.98. The minimum Gasteiger partial charge on any atom is -0.408 e. The first-order valence-corrected chi connectivity index (χ1v) is 11.2. The maximum atomic E-state index is 12.6. The van der Waals surface area contributed by atoms with Gasteiger partial charge in [-0.2, -0.15) is 11.8 Å². The molecule has 1 atom stereocenters. The van der Waals surface area contributed by atoms with E-state index in [-0.39, 0.29) is 11.9 Å². The Hall–Kier alpha value is -3.07. The van der Waals surface area contributed by atoms with E-state index in [2.05, 4.69) is 15.5 Å². The van der Waals surface area contributed by atoms with Crippen molar-refractivity contribution in [3.05, 3.63) is 65.0 Å². The molecule has 0 fully saturated rings. The van der Waals surface area contributed by atoms with Crippen LogP contribution >= 0.6 is 11.8 Å². The van der Waals surface area contributed by atoms with Gasteiger partial charge in [0.2, 0.25) is 5.91 Å². The van der Waals surface area contributed by atoms with Gasteiger partial charge in [0.15, 0.2) is 17.1 Å². The number of carbonyl (C=O) groups excluding carboxylic acids is 1.